The quantitative estimate of drug-likeness (QED) is 0.718. The van der Waals surface area contributed by atoms with Crippen molar-refractivity contribution in [3.05, 3.63) is 29.3 Å². The maximum atomic E-state index is 5.93. The van der Waals surface area contributed by atoms with Gasteiger partial charge >= 0.3 is 0 Å². The van der Waals surface area contributed by atoms with Crippen LogP contribution in [0.25, 0.3) is 0 Å². The average molecular weight is 297 g/mol. The van der Waals surface area contributed by atoms with Gasteiger partial charge in [-0.2, -0.15) is 0 Å². The summed E-state index contributed by atoms with van der Waals surface area (Å²) >= 11 is 5.93. The second kappa shape index (κ2) is 8.50. The third-order valence-electron chi connectivity index (χ3n) is 3.78. The maximum Gasteiger partial charge on any atom is 0.0466 e. The van der Waals surface area contributed by atoms with Crippen molar-refractivity contribution in [1.82, 2.24) is 4.90 Å². The number of anilines is 1. The van der Waals surface area contributed by atoms with Gasteiger partial charge in [0.05, 0.1) is 0 Å². The lowest BCUT2D eigenvalue weighted by atomic mass is 10.2. The largest absolute Gasteiger partial charge is 0.382 e. The van der Waals surface area contributed by atoms with Crippen LogP contribution in [-0.4, -0.2) is 50.8 Å². The molecule has 1 aromatic rings. The highest BCUT2D eigenvalue weighted by molar-refractivity contribution is 6.30. The Morgan fingerprint density at radius 3 is 2.40 bits per heavy atom. The smallest absolute Gasteiger partial charge is 0.0466 e. The molecule has 1 aromatic carbocycles. The van der Waals surface area contributed by atoms with Crippen LogP contribution in [-0.2, 0) is 4.74 Å². The molecule has 0 bridgehead atoms. The summed E-state index contributed by atoms with van der Waals surface area (Å²) in [5.41, 5.74) is 1.28. The Labute approximate surface area is 127 Å². The Balaban J connectivity index is 1.66. The fourth-order valence-electron chi connectivity index (χ4n) is 2.57. The summed E-state index contributed by atoms with van der Waals surface area (Å²) in [6.07, 6.45) is 2.41. The lowest BCUT2D eigenvalue weighted by molar-refractivity contribution is 0.138. The maximum absolute atomic E-state index is 5.93. The molecule has 1 saturated heterocycles. The molecule has 4 heteroatoms. The van der Waals surface area contributed by atoms with E-state index in [4.69, 9.17) is 16.3 Å². The van der Waals surface area contributed by atoms with Crippen LogP contribution in [0.1, 0.15) is 19.8 Å². The zero-order valence-corrected chi connectivity index (χ0v) is 13.1. The summed E-state index contributed by atoms with van der Waals surface area (Å²) in [7, 11) is 0. The molecule has 0 N–H and O–H groups in total. The highest BCUT2D eigenvalue weighted by atomic mass is 35.5. The van der Waals surface area contributed by atoms with E-state index in [0.717, 1.165) is 44.4 Å². The highest BCUT2D eigenvalue weighted by Gasteiger charge is 2.16. The van der Waals surface area contributed by atoms with Crippen LogP contribution in [0.15, 0.2) is 24.3 Å². The first kappa shape index (κ1) is 15.6. The van der Waals surface area contributed by atoms with E-state index >= 15 is 0 Å². The molecule has 1 aliphatic rings. The van der Waals surface area contributed by atoms with Gasteiger partial charge in [-0.15, -0.1) is 0 Å². The molecule has 1 aliphatic heterocycles. The van der Waals surface area contributed by atoms with Crippen LogP contribution in [0.2, 0.25) is 5.02 Å². The molecule has 0 radical (unpaired) electrons. The van der Waals surface area contributed by atoms with Crippen molar-refractivity contribution in [2.24, 2.45) is 0 Å². The van der Waals surface area contributed by atoms with Crippen molar-refractivity contribution in [3.8, 4) is 0 Å². The SMILES string of the molecule is CCOCCCCN1CCN(c2ccc(Cl)cc2)CC1. The number of hydrogen-bond donors (Lipinski definition) is 0. The fraction of sp³-hybridized carbons (Fsp3) is 0.625. The Kier molecular flexibility index (Phi) is 6.64. The van der Waals surface area contributed by atoms with Crippen molar-refractivity contribution in [1.29, 1.82) is 0 Å². The molecule has 20 heavy (non-hydrogen) atoms. The first-order valence-electron chi connectivity index (χ1n) is 7.60. The van der Waals surface area contributed by atoms with Crippen LogP contribution in [0.3, 0.4) is 0 Å². The van der Waals surface area contributed by atoms with E-state index in [1.54, 1.807) is 0 Å². The second-order valence-corrected chi connectivity index (χ2v) is 5.65. The molecule has 0 saturated carbocycles. The zero-order chi connectivity index (χ0) is 14.2. The summed E-state index contributed by atoms with van der Waals surface area (Å²) in [4.78, 5) is 4.99. The monoisotopic (exact) mass is 296 g/mol. The highest BCUT2D eigenvalue weighted by Crippen LogP contribution is 2.19. The van der Waals surface area contributed by atoms with E-state index < -0.39 is 0 Å². The van der Waals surface area contributed by atoms with Crippen LogP contribution in [0.5, 0.6) is 0 Å². The van der Waals surface area contributed by atoms with Crippen molar-refractivity contribution in [2.45, 2.75) is 19.8 Å². The average Bonchev–Trinajstić information content (AvgIpc) is 2.49. The minimum atomic E-state index is 0.807. The number of benzene rings is 1. The molecule has 0 aromatic heterocycles. The number of hydrogen-bond acceptors (Lipinski definition) is 3. The van der Waals surface area contributed by atoms with E-state index in [9.17, 15) is 0 Å². The number of ether oxygens (including phenoxy) is 1. The Morgan fingerprint density at radius 2 is 1.75 bits per heavy atom. The topological polar surface area (TPSA) is 15.7 Å². The third-order valence-corrected chi connectivity index (χ3v) is 4.03. The van der Waals surface area contributed by atoms with E-state index in [0.29, 0.717) is 0 Å². The van der Waals surface area contributed by atoms with Gasteiger partial charge in [-0.05, 0) is 50.6 Å². The van der Waals surface area contributed by atoms with Crippen LogP contribution >= 0.6 is 11.6 Å². The molecule has 0 amide bonds. The summed E-state index contributed by atoms with van der Waals surface area (Å²) in [5.74, 6) is 0. The molecule has 0 unspecified atom stereocenters. The Morgan fingerprint density at radius 1 is 1.05 bits per heavy atom. The van der Waals surface area contributed by atoms with Gasteiger partial charge in [0.2, 0.25) is 0 Å². The number of nitrogens with zero attached hydrogens (tertiary/aromatic N) is 2. The standard InChI is InChI=1S/C16H25ClN2O/c1-2-20-14-4-3-9-18-10-12-19(13-11-18)16-7-5-15(17)6-8-16/h5-8H,2-4,9-14H2,1H3. The molecule has 0 atom stereocenters. The van der Waals surface area contributed by atoms with Gasteiger partial charge < -0.3 is 9.64 Å². The van der Waals surface area contributed by atoms with Crippen LogP contribution < -0.4 is 4.90 Å². The van der Waals surface area contributed by atoms with E-state index in [1.165, 1.54) is 25.1 Å². The first-order chi connectivity index (χ1) is 9.79. The van der Waals surface area contributed by atoms with E-state index in [-0.39, 0.29) is 0 Å². The molecule has 0 aliphatic carbocycles. The Bertz CT molecular complexity index is 375. The summed E-state index contributed by atoms with van der Waals surface area (Å²) in [5, 5.41) is 0.807. The van der Waals surface area contributed by atoms with Gasteiger partial charge in [0, 0.05) is 50.1 Å². The predicted molar refractivity (Wildman–Crippen MR) is 85.8 cm³/mol. The molecule has 1 fully saturated rings. The first-order valence-corrected chi connectivity index (χ1v) is 7.98. The van der Waals surface area contributed by atoms with Gasteiger partial charge in [0.15, 0.2) is 0 Å². The second-order valence-electron chi connectivity index (χ2n) is 5.21. The van der Waals surface area contributed by atoms with Gasteiger partial charge in [0.25, 0.3) is 0 Å². The summed E-state index contributed by atoms with van der Waals surface area (Å²) in [6.45, 7) is 9.49. The number of unbranched alkanes of at least 4 members (excludes halogenated alkanes) is 1. The van der Waals surface area contributed by atoms with Gasteiger partial charge in [-0.1, -0.05) is 11.6 Å². The van der Waals surface area contributed by atoms with Gasteiger partial charge in [-0.25, -0.2) is 0 Å². The summed E-state index contributed by atoms with van der Waals surface area (Å²) in [6, 6.07) is 8.16. The predicted octanol–water partition coefficient (Wildman–Crippen LogP) is 3.28. The molecular formula is C16H25ClN2O. The fourth-order valence-corrected chi connectivity index (χ4v) is 2.69. The minimum absolute atomic E-state index is 0.807. The van der Waals surface area contributed by atoms with Crippen molar-refractivity contribution < 1.29 is 4.74 Å². The normalized spacial score (nSPS) is 16.6. The van der Waals surface area contributed by atoms with Crippen molar-refractivity contribution in [3.63, 3.8) is 0 Å². The van der Waals surface area contributed by atoms with Gasteiger partial charge in [0.1, 0.15) is 0 Å². The zero-order valence-electron chi connectivity index (χ0n) is 12.4. The lowest BCUT2D eigenvalue weighted by Gasteiger charge is -2.36. The molecule has 1 heterocycles. The number of rotatable bonds is 7. The van der Waals surface area contributed by atoms with E-state index in [1.807, 2.05) is 12.1 Å². The minimum Gasteiger partial charge on any atom is -0.382 e. The lowest BCUT2D eigenvalue weighted by Crippen LogP contribution is -2.46. The number of halogens is 1. The molecule has 0 spiro atoms. The molecule has 3 nitrogen and oxygen atoms in total. The van der Waals surface area contributed by atoms with Crippen LogP contribution in [0, 0.1) is 0 Å². The van der Waals surface area contributed by atoms with Crippen molar-refractivity contribution in [2.75, 3.05) is 50.8 Å². The van der Waals surface area contributed by atoms with Crippen LogP contribution in [0.4, 0.5) is 5.69 Å². The summed E-state index contributed by atoms with van der Waals surface area (Å²) < 4.78 is 5.37. The van der Waals surface area contributed by atoms with Gasteiger partial charge in [-0.3, -0.25) is 4.90 Å². The third kappa shape index (κ3) is 4.97. The molecule has 2 rings (SSSR count). The molecular weight excluding hydrogens is 272 g/mol. The van der Waals surface area contributed by atoms with E-state index in [2.05, 4.69) is 28.9 Å². The number of piperazine rings is 1. The van der Waals surface area contributed by atoms with Crippen molar-refractivity contribution >= 4 is 17.3 Å². The molecule has 112 valence electrons. The Hall–Kier alpha value is -0.770.